The molecule has 0 radical (unpaired) electrons. The van der Waals surface area contributed by atoms with Crippen molar-refractivity contribution in [1.29, 1.82) is 0 Å². The van der Waals surface area contributed by atoms with Gasteiger partial charge >= 0.3 is 0 Å². The van der Waals surface area contributed by atoms with Crippen molar-refractivity contribution < 1.29 is 8.42 Å². The summed E-state index contributed by atoms with van der Waals surface area (Å²) in [5, 5.41) is 4.06. The molecule has 0 unspecified atom stereocenters. The molecule has 0 fully saturated rings. The SMILES string of the molecule is CC(C)N(C)S(=O)(=O)c1ccc(CNCc2ccc(Cl)cc2)cc1. The Bertz CT molecular complexity index is 757. The third-order valence-electron chi connectivity index (χ3n) is 3.90. The second-order valence-corrected chi connectivity index (χ2v) is 8.42. The molecular weight excluding hydrogens is 344 g/mol. The summed E-state index contributed by atoms with van der Waals surface area (Å²) in [5.41, 5.74) is 2.19. The highest BCUT2D eigenvalue weighted by atomic mass is 35.5. The molecule has 0 aliphatic heterocycles. The van der Waals surface area contributed by atoms with Crippen molar-refractivity contribution in [2.24, 2.45) is 0 Å². The molecule has 0 bridgehead atoms. The molecule has 0 aromatic heterocycles. The Morgan fingerprint density at radius 3 is 1.88 bits per heavy atom. The van der Waals surface area contributed by atoms with Crippen LogP contribution in [-0.4, -0.2) is 25.8 Å². The number of sulfonamides is 1. The Kier molecular flexibility index (Phi) is 6.40. The third-order valence-corrected chi connectivity index (χ3v) is 6.20. The second kappa shape index (κ2) is 8.12. The van der Waals surface area contributed by atoms with Crippen LogP contribution >= 0.6 is 11.6 Å². The van der Waals surface area contributed by atoms with E-state index in [1.165, 1.54) is 4.31 Å². The Hall–Kier alpha value is -1.40. The number of benzene rings is 2. The molecule has 0 spiro atoms. The molecule has 0 saturated heterocycles. The highest BCUT2D eigenvalue weighted by Crippen LogP contribution is 2.17. The monoisotopic (exact) mass is 366 g/mol. The average Bonchev–Trinajstić information content (AvgIpc) is 2.56. The van der Waals surface area contributed by atoms with Crippen LogP contribution in [0.4, 0.5) is 0 Å². The molecule has 1 N–H and O–H groups in total. The predicted octanol–water partition coefficient (Wildman–Crippen LogP) is 3.66. The molecule has 2 aromatic carbocycles. The topological polar surface area (TPSA) is 49.4 Å². The lowest BCUT2D eigenvalue weighted by Crippen LogP contribution is -2.33. The van der Waals surface area contributed by atoms with E-state index in [1.54, 1.807) is 19.2 Å². The largest absolute Gasteiger partial charge is 0.309 e. The Morgan fingerprint density at radius 1 is 0.958 bits per heavy atom. The molecule has 6 heteroatoms. The van der Waals surface area contributed by atoms with Crippen LogP contribution in [0.15, 0.2) is 53.4 Å². The summed E-state index contributed by atoms with van der Waals surface area (Å²) in [6.07, 6.45) is 0. The Labute approximate surface area is 149 Å². The summed E-state index contributed by atoms with van der Waals surface area (Å²) in [5.74, 6) is 0. The van der Waals surface area contributed by atoms with E-state index in [2.05, 4.69) is 5.32 Å². The van der Waals surface area contributed by atoms with Crippen LogP contribution < -0.4 is 5.32 Å². The molecule has 130 valence electrons. The normalized spacial score (nSPS) is 12.1. The lowest BCUT2D eigenvalue weighted by atomic mass is 10.2. The van der Waals surface area contributed by atoms with E-state index in [0.717, 1.165) is 22.7 Å². The van der Waals surface area contributed by atoms with Crippen molar-refractivity contribution in [1.82, 2.24) is 9.62 Å². The van der Waals surface area contributed by atoms with Gasteiger partial charge in [0, 0.05) is 31.2 Å². The molecule has 0 atom stereocenters. The Morgan fingerprint density at radius 2 is 1.42 bits per heavy atom. The molecule has 2 rings (SSSR count). The van der Waals surface area contributed by atoms with E-state index >= 15 is 0 Å². The van der Waals surface area contributed by atoms with Gasteiger partial charge < -0.3 is 5.32 Å². The maximum absolute atomic E-state index is 12.4. The summed E-state index contributed by atoms with van der Waals surface area (Å²) in [4.78, 5) is 0.320. The summed E-state index contributed by atoms with van der Waals surface area (Å²) in [7, 11) is -1.82. The first-order valence-corrected chi connectivity index (χ1v) is 9.64. The highest BCUT2D eigenvalue weighted by molar-refractivity contribution is 7.89. The fourth-order valence-electron chi connectivity index (χ4n) is 2.18. The average molecular weight is 367 g/mol. The first-order chi connectivity index (χ1) is 11.3. The Balaban J connectivity index is 1.96. The van der Waals surface area contributed by atoms with Crippen molar-refractivity contribution in [2.45, 2.75) is 37.9 Å². The van der Waals surface area contributed by atoms with Gasteiger partial charge in [0.05, 0.1) is 4.90 Å². The number of hydrogen-bond acceptors (Lipinski definition) is 3. The van der Waals surface area contributed by atoms with Gasteiger partial charge in [-0.3, -0.25) is 0 Å². The van der Waals surface area contributed by atoms with Crippen molar-refractivity contribution in [3.8, 4) is 0 Å². The number of hydrogen-bond donors (Lipinski definition) is 1. The quantitative estimate of drug-likeness (QED) is 0.813. The van der Waals surface area contributed by atoms with Crippen molar-refractivity contribution in [3.05, 3.63) is 64.7 Å². The fraction of sp³-hybridized carbons (Fsp3) is 0.333. The number of halogens is 1. The fourth-order valence-corrected chi connectivity index (χ4v) is 3.67. The first kappa shape index (κ1) is 18.9. The van der Waals surface area contributed by atoms with E-state index in [4.69, 9.17) is 11.6 Å². The lowest BCUT2D eigenvalue weighted by molar-refractivity contribution is 0.410. The van der Waals surface area contributed by atoms with E-state index in [-0.39, 0.29) is 6.04 Å². The summed E-state index contributed by atoms with van der Waals surface area (Å²) in [6.45, 7) is 5.11. The van der Waals surface area contributed by atoms with Gasteiger partial charge in [0.15, 0.2) is 0 Å². The van der Waals surface area contributed by atoms with Crippen molar-refractivity contribution in [3.63, 3.8) is 0 Å². The van der Waals surface area contributed by atoms with Crippen LogP contribution in [0.25, 0.3) is 0 Å². The van der Waals surface area contributed by atoms with Gasteiger partial charge in [0.2, 0.25) is 10.0 Å². The van der Waals surface area contributed by atoms with Crippen LogP contribution in [0.2, 0.25) is 5.02 Å². The van der Waals surface area contributed by atoms with E-state index in [1.807, 2.05) is 50.2 Å². The minimum atomic E-state index is -3.42. The maximum Gasteiger partial charge on any atom is 0.243 e. The molecule has 0 amide bonds. The predicted molar refractivity (Wildman–Crippen MR) is 98.5 cm³/mol. The zero-order valence-corrected chi connectivity index (χ0v) is 15.7. The number of nitrogens with zero attached hydrogens (tertiary/aromatic N) is 1. The van der Waals surface area contributed by atoms with Gasteiger partial charge in [0.25, 0.3) is 0 Å². The van der Waals surface area contributed by atoms with Crippen LogP contribution in [0, 0.1) is 0 Å². The smallest absolute Gasteiger partial charge is 0.243 e. The van der Waals surface area contributed by atoms with E-state index < -0.39 is 10.0 Å². The van der Waals surface area contributed by atoms with Crippen molar-refractivity contribution in [2.75, 3.05) is 7.05 Å². The summed E-state index contributed by atoms with van der Waals surface area (Å²) in [6, 6.07) is 14.6. The van der Waals surface area contributed by atoms with Crippen LogP contribution in [0.1, 0.15) is 25.0 Å². The first-order valence-electron chi connectivity index (χ1n) is 7.83. The molecule has 2 aromatic rings. The van der Waals surface area contributed by atoms with Gasteiger partial charge in [-0.2, -0.15) is 4.31 Å². The van der Waals surface area contributed by atoms with Crippen LogP contribution in [-0.2, 0) is 23.1 Å². The highest BCUT2D eigenvalue weighted by Gasteiger charge is 2.22. The van der Waals surface area contributed by atoms with Gasteiger partial charge in [0.1, 0.15) is 0 Å². The molecule has 4 nitrogen and oxygen atoms in total. The van der Waals surface area contributed by atoms with Gasteiger partial charge in [-0.1, -0.05) is 35.9 Å². The van der Waals surface area contributed by atoms with Gasteiger partial charge in [-0.25, -0.2) is 8.42 Å². The van der Waals surface area contributed by atoms with Gasteiger partial charge in [-0.05, 0) is 49.2 Å². The molecule has 0 heterocycles. The third kappa shape index (κ3) is 4.80. The standard InChI is InChI=1S/C18H23ClN2O2S/c1-14(2)21(3)24(22,23)18-10-6-16(7-11-18)13-20-12-15-4-8-17(19)9-5-15/h4-11,14,20H,12-13H2,1-3H3. The minimum absolute atomic E-state index is 0.0734. The number of rotatable bonds is 7. The molecule has 0 aliphatic rings. The van der Waals surface area contributed by atoms with Crippen LogP contribution in [0.3, 0.4) is 0 Å². The zero-order valence-electron chi connectivity index (χ0n) is 14.2. The maximum atomic E-state index is 12.4. The summed E-state index contributed by atoms with van der Waals surface area (Å²) >= 11 is 5.86. The molecule has 24 heavy (non-hydrogen) atoms. The minimum Gasteiger partial charge on any atom is -0.309 e. The number of nitrogens with one attached hydrogen (secondary N) is 1. The second-order valence-electron chi connectivity index (χ2n) is 5.99. The van der Waals surface area contributed by atoms with Crippen LogP contribution in [0.5, 0.6) is 0 Å². The lowest BCUT2D eigenvalue weighted by Gasteiger charge is -2.21. The van der Waals surface area contributed by atoms with E-state index in [0.29, 0.717) is 11.4 Å². The van der Waals surface area contributed by atoms with E-state index in [9.17, 15) is 8.42 Å². The molecular formula is C18H23ClN2O2S. The molecule has 0 saturated carbocycles. The summed E-state index contributed by atoms with van der Waals surface area (Å²) < 4.78 is 26.2. The van der Waals surface area contributed by atoms with Gasteiger partial charge in [-0.15, -0.1) is 0 Å². The zero-order chi connectivity index (χ0) is 17.7. The molecule has 0 aliphatic carbocycles. The van der Waals surface area contributed by atoms with Crippen molar-refractivity contribution >= 4 is 21.6 Å².